The average molecular weight is 215 g/mol. The lowest BCUT2D eigenvalue weighted by molar-refractivity contribution is 0.207. The molecule has 0 fully saturated rings. The number of nitrogens with zero attached hydrogens (tertiary/aromatic N) is 1. The third kappa shape index (κ3) is 2.88. The van der Waals surface area contributed by atoms with Crippen LogP contribution in [0.3, 0.4) is 0 Å². The molecule has 1 rings (SSSR count). The van der Waals surface area contributed by atoms with Crippen LogP contribution in [0.15, 0.2) is 18.2 Å². The van der Waals surface area contributed by atoms with Crippen LogP contribution in [0, 0.1) is 11.6 Å². The fourth-order valence-electron chi connectivity index (χ4n) is 1.09. The summed E-state index contributed by atoms with van der Waals surface area (Å²) in [6, 6.07) is 2.95. The van der Waals surface area contributed by atoms with Crippen molar-refractivity contribution in [3.05, 3.63) is 35.4 Å². The monoisotopic (exact) mass is 215 g/mol. The Morgan fingerprint density at radius 1 is 1.47 bits per heavy atom. The Kier molecular flexibility index (Phi) is 3.56. The van der Waals surface area contributed by atoms with Gasteiger partial charge in [-0.15, -0.1) is 0 Å². The molecule has 1 aromatic carbocycles. The Balaban J connectivity index is 2.73. The molecule has 0 saturated heterocycles. The molecular weight excluding hydrogens is 204 g/mol. The number of halogens is 2. The van der Waals surface area contributed by atoms with Crippen molar-refractivity contribution in [1.82, 2.24) is 10.3 Å². The summed E-state index contributed by atoms with van der Waals surface area (Å²) in [7, 11) is 1.49. The molecule has 15 heavy (non-hydrogen) atoms. The Hall–Kier alpha value is -1.69. The van der Waals surface area contributed by atoms with E-state index in [1.807, 2.05) is 5.43 Å². The van der Waals surface area contributed by atoms with Crippen LogP contribution in [0.4, 0.5) is 13.6 Å². The number of rotatable bonds is 2. The molecule has 82 valence electrons. The van der Waals surface area contributed by atoms with Gasteiger partial charge in [0.25, 0.3) is 0 Å². The van der Waals surface area contributed by atoms with Gasteiger partial charge in [-0.3, -0.25) is 5.43 Å². The summed E-state index contributed by atoms with van der Waals surface area (Å²) in [6.07, 6.45) is 0. The first-order chi connectivity index (χ1) is 7.04. The molecule has 0 saturated carbocycles. The number of carbonyl (C=O) groups excluding carboxylic acids is 1. The van der Waals surface area contributed by atoms with E-state index in [0.29, 0.717) is 5.56 Å². The molecule has 2 amide bonds. The van der Waals surface area contributed by atoms with Gasteiger partial charge in [0, 0.05) is 13.6 Å². The highest BCUT2D eigenvalue weighted by molar-refractivity contribution is 5.73. The van der Waals surface area contributed by atoms with Crippen LogP contribution >= 0.6 is 0 Å². The third-order valence-corrected chi connectivity index (χ3v) is 1.87. The topological polar surface area (TPSA) is 58.4 Å². The van der Waals surface area contributed by atoms with Crippen molar-refractivity contribution < 1.29 is 13.6 Å². The number of nitrogens with two attached hydrogens (primary N) is 1. The molecule has 0 aliphatic carbocycles. The van der Waals surface area contributed by atoms with Gasteiger partial charge < -0.3 is 4.90 Å². The molecule has 1 aromatic rings. The molecule has 0 aliphatic heterocycles. The first-order valence-electron chi connectivity index (χ1n) is 4.20. The lowest BCUT2D eigenvalue weighted by atomic mass is 10.2. The van der Waals surface area contributed by atoms with Crippen LogP contribution in [-0.2, 0) is 6.54 Å². The minimum atomic E-state index is -0.936. The maximum Gasteiger partial charge on any atom is 0.331 e. The first kappa shape index (κ1) is 11.4. The van der Waals surface area contributed by atoms with Crippen LogP contribution < -0.4 is 11.3 Å². The zero-order chi connectivity index (χ0) is 11.4. The predicted octanol–water partition coefficient (Wildman–Crippen LogP) is 0.980. The molecule has 0 radical (unpaired) electrons. The minimum Gasteiger partial charge on any atom is -0.322 e. The van der Waals surface area contributed by atoms with E-state index < -0.39 is 17.7 Å². The summed E-state index contributed by atoms with van der Waals surface area (Å²) in [5, 5.41) is 0. The van der Waals surface area contributed by atoms with E-state index >= 15 is 0 Å². The van der Waals surface area contributed by atoms with Gasteiger partial charge in [0.2, 0.25) is 0 Å². The van der Waals surface area contributed by atoms with Crippen molar-refractivity contribution in [2.45, 2.75) is 6.54 Å². The van der Waals surface area contributed by atoms with E-state index in [1.165, 1.54) is 18.0 Å². The molecule has 0 unspecified atom stereocenters. The summed E-state index contributed by atoms with van der Waals surface area (Å²) in [5.41, 5.74) is 2.42. The van der Waals surface area contributed by atoms with Crippen LogP contribution in [0.25, 0.3) is 0 Å². The summed E-state index contributed by atoms with van der Waals surface area (Å²) in [6.45, 7) is 0.153. The third-order valence-electron chi connectivity index (χ3n) is 1.87. The van der Waals surface area contributed by atoms with Crippen LogP contribution in [0.5, 0.6) is 0 Å². The maximum atomic E-state index is 12.8. The standard InChI is InChI=1S/C9H11F2N3O/c1-14(9(15)13-12)5-6-2-3-7(10)8(11)4-6/h2-4H,5,12H2,1H3,(H,13,15). The second-order valence-corrected chi connectivity index (χ2v) is 3.05. The lowest BCUT2D eigenvalue weighted by Gasteiger charge is -2.16. The van der Waals surface area contributed by atoms with Gasteiger partial charge in [-0.2, -0.15) is 0 Å². The first-order valence-corrected chi connectivity index (χ1v) is 4.20. The van der Waals surface area contributed by atoms with Gasteiger partial charge in [0.15, 0.2) is 11.6 Å². The smallest absolute Gasteiger partial charge is 0.322 e. The van der Waals surface area contributed by atoms with Crippen molar-refractivity contribution in [2.24, 2.45) is 5.84 Å². The number of hydrogen-bond acceptors (Lipinski definition) is 2. The number of urea groups is 1. The van der Waals surface area contributed by atoms with Gasteiger partial charge in [0.05, 0.1) is 0 Å². The molecule has 0 bridgehead atoms. The number of amides is 2. The highest BCUT2D eigenvalue weighted by atomic mass is 19.2. The molecule has 0 atom stereocenters. The van der Waals surface area contributed by atoms with Gasteiger partial charge in [-0.1, -0.05) is 6.07 Å². The molecule has 4 nitrogen and oxygen atoms in total. The van der Waals surface area contributed by atoms with Crippen LogP contribution in [0.2, 0.25) is 0 Å². The number of benzene rings is 1. The van der Waals surface area contributed by atoms with E-state index in [9.17, 15) is 13.6 Å². The number of hydrogen-bond donors (Lipinski definition) is 2. The van der Waals surface area contributed by atoms with E-state index in [2.05, 4.69) is 0 Å². The quantitative estimate of drug-likeness (QED) is 0.439. The van der Waals surface area contributed by atoms with E-state index in [1.54, 1.807) is 0 Å². The number of carbonyl (C=O) groups is 1. The highest BCUT2D eigenvalue weighted by Gasteiger charge is 2.08. The number of hydrazine groups is 1. The Morgan fingerprint density at radius 2 is 2.13 bits per heavy atom. The summed E-state index contributed by atoms with van der Waals surface area (Å²) >= 11 is 0. The van der Waals surface area contributed by atoms with Crippen molar-refractivity contribution in [1.29, 1.82) is 0 Å². The Bertz CT molecular complexity index is 370. The van der Waals surface area contributed by atoms with Crippen molar-refractivity contribution in [3.63, 3.8) is 0 Å². The maximum absolute atomic E-state index is 12.8. The van der Waals surface area contributed by atoms with Gasteiger partial charge in [0.1, 0.15) is 0 Å². The molecule has 0 heterocycles. The minimum absolute atomic E-state index is 0.153. The number of nitrogens with one attached hydrogen (secondary N) is 1. The summed E-state index contributed by atoms with van der Waals surface area (Å²) in [4.78, 5) is 12.2. The van der Waals surface area contributed by atoms with E-state index in [0.717, 1.165) is 12.1 Å². The molecule has 0 aliphatic rings. The zero-order valence-corrected chi connectivity index (χ0v) is 8.13. The van der Waals surface area contributed by atoms with Crippen LogP contribution in [0.1, 0.15) is 5.56 Å². The normalized spacial score (nSPS) is 9.87. The molecule has 3 N–H and O–H groups in total. The fourth-order valence-corrected chi connectivity index (χ4v) is 1.09. The SMILES string of the molecule is CN(Cc1ccc(F)c(F)c1)C(=O)NN. The second-order valence-electron chi connectivity index (χ2n) is 3.05. The molecule has 6 heteroatoms. The van der Waals surface area contributed by atoms with Crippen LogP contribution in [-0.4, -0.2) is 18.0 Å². The summed E-state index contributed by atoms with van der Waals surface area (Å²) in [5.74, 6) is 3.06. The van der Waals surface area contributed by atoms with Gasteiger partial charge in [-0.25, -0.2) is 19.4 Å². The predicted molar refractivity (Wildman–Crippen MR) is 50.5 cm³/mol. The van der Waals surface area contributed by atoms with E-state index in [-0.39, 0.29) is 6.54 Å². The highest BCUT2D eigenvalue weighted by Crippen LogP contribution is 2.10. The Morgan fingerprint density at radius 3 is 2.67 bits per heavy atom. The van der Waals surface area contributed by atoms with E-state index in [4.69, 9.17) is 5.84 Å². The average Bonchev–Trinajstić information content (AvgIpc) is 2.22. The Labute approximate surface area is 85.6 Å². The van der Waals surface area contributed by atoms with Crippen molar-refractivity contribution >= 4 is 6.03 Å². The fraction of sp³-hybridized carbons (Fsp3) is 0.222. The zero-order valence-electron chi connectivity index (χ0n) is 8.13. The van der Waals surface area contributed by atoms with Gasteiger partial charge >= 0.3 is 6.03 Å². The molecular formula is C9H11F2N3O. The van der Waals surface area contributed by atoms with Crippen molar-refractivity contribution in [2.75, 3.05) is 7.05 Å². The molecule has 0 spiro atoms. The van der Waals surface area contributed by atoms with Gasteiger partial charge in [-0.05, 0) is 17.7 Å². The summed E-state index contributed by atoms with van der Waals surface area (Å²) < 4.78 is 25.4. The molecule has 0 aromatic heterocycles. The lowest BCUT2D eigenvalue weighted by Crippen LogP contribution is -2.40. The van der Waals surface area contributed by atoms with Crippen molar-refractivity contribution in [3.8, 4) is 0 Å². The second kappa shape index (κ2) is 4.70. The largest absolute Gasteiger partial charge is 0.331 e.